The molecule has 0 aromatic heterocycles. The molecular weight excluding hydrogens is 248 g/mol. The van der Waals surface area contributed by atoms with Crippen LogP contribution >= 0.6 is 23.8 Å². The molecule has 0 aliphatic carbocycles. The summed E-state index contributed by atoms with van der Waals surface area (Å²) >= 11 is 10.4. The number of thiocarbonyl (C=S) groups is 1. The van der Waals surface area contributed by atoms with Gasteiger partial charge in [-0.2, -0.15) is 0 Å². The van der Waals surface area contributed by atoms with E-state index in [2.05, 4.69) is 0 Å². The Morgan fingerprint density at radius 2 is 2.25 bits per heavy atom. The minimum atomic E-state index is -0.382. The van der Waals surface area contributed by atoms with Gasteiger partial charge in [0.05, 0.1) is 17.1 Å². The molecule has 0 saturated heterocycles. The molecule has 0 fully saturated rings. The van der Waals surface area contributed by atoms with Gasteiger partial charge in [-0.25, -0.2) is 0 Å². The van der Waals surface area contributed by atoms with E-state index in [0.29, 0.717) is 5.02 Å². The second-order valence-corrected chi connectivity index (χ2v) is 4.25. The number of phenols is 1. The molecule has 0 heterocycles. The lowest BCUT2D eigenvalue weighted by Gasteiger charge is -2.16. The molecule has 0 saturated carbocycles. The van der Waals surface area contributed by atoms with Gasteiger partial charge in [0.25, 0.3) is 5.91 Å². The Kier molecular flexibility index (Phi) is 4.09. The standard InChI is InChI=1S/C10H11ClN2O2S/c1-13(5-9(12)16)10(15)7-4-6(11)2-3-8(7)14/h2-4,14H,5H2,1H3,(H2,12,16). The molecule has 0 bridgehead atoms. The molecule has 0 atom stereocenters. The maximum absolute atomic E-state index is 11.8. The van der Waals surface area contributed by atoms with E-state index >= 15 is 0 Å². The molecule has 1 rings (SSSR count). The van der Waals surface area contributed by atoms with Crippen LogP contribution in [0.15, 0.2) is 18.2 Å². The highest BCUT2D eigenvalue weighted by Crippen LogP contribution is 2.22. The lowest BCUT2D eigenvalue weighted by Crippen LogP contribution is -2.34. The third kappa shape index (κ3) is 3.08. The van der Waals surface area contributed by atoms with Crippen molar-refractivity contribution in [1.29, 1.82) is 0 Å². The first-order valence-corrected chi connectivity index (χ1v) is 5.22. The van der Waals surface area contributed by atoms with Crippen LogP contribution in [0.3, 0.4) is 0 Å². The zero-order chi connectivity index (χ0) is 12.3. The van der Waals surface area contributed by atoms with Crippen LogP contribution in [0.4, 0.5) is 0 Å². The van der Waals surface area contributed by atoms with Crippen molar-refractivity contribution in [2.45, 2.75) is 0 Å². The Bertz CT molecular complexity index is 437. The van der Waals surface area contributed by atoms with Crippen LogP contribution in [0.25, 0.3) is 0 Å². The average molecular weight is 259 g/mol. The Labute approximate surface area is 104 Å². The zero-order valence-electron chi connectivity index (χ0n) is 8.61. The first kappa shape index (κ1) is 12.7. The molecule has 1 aromatic carbocycles. The summed E-state index contributed by atoms with van der Waals surface area (Å²) in [4.78, 5) is 13.4. The maximum atomic E-state index is 11.8. The molecule has 16 heavy (non-hydrogen) atoms. The van der Waals surface area contributed by atoms with E-state index < -0.39 is 0 Å². The quantitative estimate of drug-likeness (QED) is 0.805. The highest BCUT2D eigenvalue weighted by atomic mass is 35.5. The third-order valence-electron chi connectivity index (χ3n) is 1.93. The Balaban J connectivity index is 2.95. The molecule has 1 aromatic rings. The number of carbonyl (C=O) groups is 1. The minimum absolute atomic E-state index is 0.121. The van der Waals surface area contributed by atoms with Gasteiger partial charge in [0.1, 0.15) is 5.75 Å². The third-order valence-corrected chi connectivity index (χ3v) is 2.29. The molecule has 0 radical (unpaired) electrons. The summed E-state index contributed by atoms with van der Waals surface area (Å²) in [7, 11) is 1.54. The van der Waals surface area contributed by atoms with Crippen LogP contribution in [0.5, 0.6) is 5.75 Å². The number of amides is 1. The van der Waals surface area contributed by atoms with Crippen LogP contribution in [0, 0.1) is 0 Å². The van der Waals surface area contributed by atoms with E-state index in [-0.39, 0.29) is 28.8 Å². The van der Waals surface area contributed by atoms with Gasteiger partial charge in [0.15, 0.2) is 0 Å². The van der Waals surface area contributed by atoms with Gasteiger partial charge in [-0.05, 0) is 18.2 Å². The number of hydrogen-bond donors (Lipinski definition) is 2. The van der Waals surface area contributed by atoms with Crippen molar-refractivity contribution in [1.82, 2.24) is 4.90 Å². The predicted octanol–water partition coefficient (Wildman–Crippen LogP) is 1.40. The topological polar surface area (TPSA) is 66.6 Å². The molecule has 0 unspecified atom stereocenters. The van der Waals surface area contributed by atoms with Crippen LogP contribution in [-0.4, -0.2) is 34.5 Å². The van der Waals surface area contributed by atoms with Gasteiger partial charge in [0.2, 0.25) is 0 Å². The summed E-state index contributed by atoms with van der Waals surface area (Å²) in [6.45, 7) is 0.153. The van der Waals surface area contributed by atoms with Crippen molar-refractivity contribution in [3.8, 4) is 5.75 Å². The SMILES string of the molecule is CN(CC(N)=S)C(=O)c1cc(Cl)ccc1O. The molecular formula is C10H11ClN2O2S. The van der Waals surface area contributed by atoms with E-state index in [1.807, 2.05) is 0 Å². The minimum Gasteiger partial charge on any atom is -0.507 e. The van der Waals surface area contributed by atoms with E-state index in [1.54, 1.807) is 7.05 Å². The van der Waals surface area contributed by atoms with Gasteiger partial charge in [-0.15, -0.1) is 0 Å². The first-order chi connectivity index (χ1) is 7.41. The van der Waals surface area contributed by atoms with Crippen LogP contribution < -0.4 is 5.73 Å². The number of phenolic OH excluding ortho intramolecular Hbond substituents is 1. The van der Waals surface area contributed by atoms with Gasteiger partial charge in [-0.3, -0.25) is 4.79 Å². The number of halogens is 1. The highest BCUT2D eigenvalue weighted by Gasteiger charge is 2.16. The normalized spacial score (nSPS) is 9.88. The van der Waals surface area contributed by atoms with E-state index in [9.17, 15) is 9.90 Å². The van der Waals surface area contributed by atoms with Crippen molar-refractivity contribution in [2.24, 2.45) is 5.73 Å². The Morgan fingerprint density at radius 1 is 1.62 bits per heavy atom. The van der Waals surface area contributed by atoms with Crippen molar-refractivity contribution in [3.63, 3.8) is 0 Å². The predicted molar refractivity (Wildman–Crippen MR) is 66.9 cm³/mol. The summed E-state index contributed by atoms with van der Waals surface area (Å²) in [5.74, 6) is -0.503. The molecule has 4 nitrogen and oxygen atoms in total. The van der Waals surface area contributed by atoms with Gasteiger partial charge in [0, 0.05) is 12.1 Å². The number of likely N-dealkylation sites (N-methyl/N-ethyl adjacent to an activating group) is 1. The van der Waals surface area contributed by atoms with Crippen LogP contribution in [0.2, 0.25) is 5.02 Å². The molecule has 0 aliphatic rings. The van der Waals surface area contributed by atoms with E-state index in [1.165, 1.54) is 23.1 Å². The molecule has 0 aliphatic heterocycles. The molecule has 86 valence electrons. The zero-order valence-corrected chi connectivity index (χ0v) is 10.2. The largest absolute Gasteiger partial charge is 0.507 e. The fourth-order valence-electron chi connectivity index (χ4n) is 1.19. The smallest absolute Gasteiger partial charge is 0.257 e. The van der Waals surface area contributed by atoms with Crippen molar-refractivity contribution < 1.29 is 9.90 Å². The number of nitrogens with two attached hydrogens (primary N) is 1. The summed E-state index contributed by atoms with van der Waals surface area (Å²) in [6, 6.07) is 4.26. The Hall–Kier alpha value is -1.33. The molecule has 0 spiro atoms. The maximum Gasteiger partial charge on any atom is 0.257 e. The number of carbonyl (C=O) groups excluding carboxylic acids is 1. The Morgan fingerprint density at radius 3 is 2.81 bits per heavy atom. The van der Waals surface area contributed by atoms with Gasteiger partial charge < -0.3 is 15.7 Å². The van der Waals surface area contributed by atoms with Gasteiger partial charge >= 0.3 is 0 Å². The number of hydrogen-bond acceptors (Lipinski definition) is 3. The van der Waals surface area contributed by atoms with Gasteiger partial charge in [-0.1, -0.05) is 23.8 Å². The van der Waals surface area contributed by atoms with Crippen molar-refractivity contribution in [2.75, 3.05) is 13.6 Å². The fourth-order valence-corrected chi connectivity index (χ4v) is 1.56. The summed E-state index contributed by atoms with van der Waals surface area (Å²) in [5.41, 5.74) is 5.46. The number of aromatic hydroxyl groups is 1. The first-order valence-electron chi connectivity index (χ1n) is 4.44. The van der Waals surface area contributed by atoms with Crippen LogP contribution in [0.1, 0.15) is 10.4 Å². The lowest BCUT2D eigenvalue weighted by atomic mass is 10.2. The average Bonchev–Trinajstić information content (AvgIpc) is 2.19. The number of benzene rings is 1. The fraction of sp³-hybridized carbons (Fsp3) is 0.200. The lowest BCUT2D eigenvalue weighted by molar-refractivity contribution is 0.0812. The van der Waals surface area contributed by atoms with E-state index in [0.717, 1.165) is 0 Å². The summed E-state index contributed by atoms with van der Waals surface area (Å²) < 4.78 is 0. The molecule has 1 amide bonds. The van der Waals surface area contributed by atoms with Crippen LogP contribution in [-0.2, 0) is 0 Å². The number of nitrogens with zero attached hydrogens (tertiary/aromatic N) is 1. The molecule has 3 N–H and O–H groups in total. The second-order valence-electron chi connectivity index (χ2n) is 3.29. The van der Waals surface area contributed by atoms with E-state index in [4.69, 9.17) is 29.6 Å². The molecule has 6 heteroatoms. The second kappa shape index (κ2) is 5.14. The van der Waals surface area contributed by atoms with Crippen molar-refractivity contribution in [3.05, 3.63) is 28.8 Å². The highest BCUT2D eigenvalue weighted by molar-refractivity contribution is 7.80. The van der Waals surface area contributed by atoms with Crippen molar-refractivity contribution >= 4 is 34.7 Å². The monoisotopic (exact) mass is 258 g/mol. The number of rotatable bonds is 3. The summed E-state index contributed by atoms with van der Waals surface area (Å²) in [6.07, 6.45) is 0. The summed E-state index contributed by atoms with van der Waals surface area (Å²) in [5, 5.41) is 9.90.